The zero-order valence-electron chi connectivity index (χ0n) is 24.2. The summed E-state index contributed by atoms with van der Waals surface area (Å²) in [6.07, 6.45) is 15.3. The van der Waals surface area contributed by atoms with Gasteiger partial charge in [0.05, 0.1) is 30.1 Å². The number of carbonyl (C=O) groups excluding carboxylic acids is 3. The molecule has 5 aliphatic rings. The number of likely N-dealkylation sites (tertiary alicyclic amines) is 1. The van der Waals surface area contributed by atoms with Crippen LogP contribution < -0.4 is 0 Å². The number of ether oxygens (including phenoxy) is 1. The number of hydrogen-bond acceptors (Lipinski definition) is 5. The maximum atomic E-state index is 14.7. The first-order valence-electron chi connectivity index (χ1n) is 15.4. The van der Waals surface area contributed by atoms with Gasteiger partial charge in [-0.25, -0.2) is 0 Å². The Kier molecular flexibility index (Phi) is 7.99. The number of aliphatic hydroxyl groups is 1. The largest absolute Gasteiger partial charge is 0.394 e. The molecule has 2 saturated heterocycles. The Balaban J connectivity index is 1.66. The lowest BCUT2D eigenvalue weighted by Gasteiger charge is -2.43. The third-order valence-corrected chi connectivity index (χ3v) is 10.3. The van der Waals surface area contributed by atoms with E-state index in [1.807, 2.05) is 61.8 Å². The van der Waals surface area contributed by atoms with Gasteiger partial charge in [-0.3, -0.25) is 14.4 Å². The van der Waals surface area contributed by atoms with Crippen molar-refractivity contribution in [1.29, 1.82) is 0 Å². The van der Waals surface area contributed by atoms with Gasteiger partial charge in [0.1, 0.15) is 11.6 Å². The van der Waals surface area contributed by atoms with Gasteiger partial charge in [-0.1, -0.05) is 77.7 Å². The highest BCUT2D eigenvalue weighted by Crippen LogP contribution is 2.59. The first kappa shape index (κ1) is 28.3. The number of aliphatic hydroxyl groups excluding tert-OH is 1. The van der Waals surface area contributed by atoms with Crippen LogP contribution >= 0.6 is 0 Å². The van der Waals surface area contributed by atoms with Crippen molar-refractivity contribution < 1.29 is 24.2 Å². The summed E-state index contributed by atoms with van der Waals surface area (Å²) in [5, 5.41) is 10.6. The smallest absolute Gasteiger partial charge is 0.249 e. The van der Waals surface area contributed by atoms with Gasteiger partial charge in [0, 0.05) is 25.7 Å². The zero-order valence-corrected chi connectivity index (χ0v) is 24.2. The quantitative estimate of drug-likeness (QED) is 0.477. The van der Waals surface area contributed by atoms with E-state index in [-0.39, 0.29) is 36.3 Å². The molecule has 3 fully saturated rings. The van der Waals surface area contributed by atoms with Crippen molar-refractivity contribution in [3.05, 3.63) is 24.3 Å². The van der Waals surface area contributed by atoms with Crippen molar-refractivity contribution >= 4 is 17.7 Å². The summed E-state index contributed by atoms with van der Waals surface area (Å²) < 4.78 is 7.08. The number of fused-ring (bicyclic) bond motifs is 2. The predicted molar refractivity (Wildman–Crippen MR) is 149 cm³/mol. The van der Waals surface area contributed by atoms with E-state index in [0.717, 1.165) is 38.5 Å². The summed E-state index contributed by atoms with van der Waals surface area (Å²) in [5.74, 6) is -1.96. The van der Waals surface area contributed by atoms with E-state index in [0.29, 0.717) is 26.1 Å². The average Bonchev–Trinajstić information content (AvgIpc) is 3.24. The fourth-order valence-electron chi connectivity index (χ4n) is 8.13. The van der Waals surface area contributed by atoms with Gasteiger partial charge >= 0.3 is 0 Å². The maximum Gasteiger partial charge on any atom is 0.249 e. The maximum absolute atomic E-state index is 14.7. The van der Waals surface area contributed by atoms with E-state index < -0.39 is 35.1 Å². The van der Waals surface area contributed by atoms with E-state index >= 15 is 0 Å². The van der Waals surface area contributed by atoms with Crippen LogP contribution in [0.15, 0.2) is 24.3 Å². The molecule has 0 bridgehead atoms. The second kappa shape index (κ2) is 11.0. The molecule has 0 aromatic heterocycles. The molecule has 7 atom stereocenters. The van der Waals surface area contributed by atoms with Gasteiger partial charge in [0.15, 0.2) is 0 Å². The second-order valence-corrected chi connectivity index (χ2v) is 12.4. The first-order chi connectivity index (χ1) is 18.8. The Labute approximate surface area is 233 Å². The summed E-state index contributed by atoms with van der Waals surface area (Å²) in [6.45, 7) is 9.44. The number of amides is 3. The monoisotopic (exact) mass is 541 g/mol. The summed E-state index contributed by atoms with van der Waals surface area (Å²) in [4.78, 5) is 49.0. The Hall–Kier alpha value is -2.19. The SMILES string of the molecule is CCCN1CC=C[C@@]2(CC)O[C@]34C=CCN(C5CCCCC5)C(=O)C3N([C@@H](CO)[C@@H](C)CC)C(=O)[C@@H]4[C@H]2C1=O. The minimum absolute atomic E-state index is 0.0183. The van der Waals surface area contributed by atoms with E-state index in [1.165, 1.54) is 6.42 Å². The van der Waals surface area contributed by atoms with E-state index in [2.05, 4.69) is 0 Å². The molecule has 0 radical (unpaired) electrons. The molecule has 39 heavy (non-hydrogen) atoms. The molecule has 4 aliphatic heterocycles. The summed E-state index contributed by atoms with van der Waals surface area (Å²) in [6, 6.07) is -1.30. The van der Waals surface area contributed by atoms with Gasteiger partial charge in [-0.05, 0) is 31.6 Å². The molecule has 8 nitrogen and oxygen atoms in total. The van der Waals surface area contributed by atoms with Crippen molar-refractivity contribution in [2.45, 2.75) is 108 Å². The average molecular weight is 542 g/mol. The summed E-state index contributed by atoms with van der Waals surface area (Å²) in [7, 11) is 0. The van der Waals surface area contributed by atoms with Crippen molar-refractivity contribution in [3.8, 4) is 0 Å². The standard InChI is InChI=1S/C31H47N3O5/c1-5-17-32-18-11-15-30(7-3)24(27(32)36)25-28(37)34(23(20-35)21(4)6-2)26-29(38)33(22-13-9-8-10-14-22)19-12-16-31(25,26)39-30/h11-12,15-16,21-26,35H,5-10,13-14,17-20H2,1-4H3/t21-,23-,24-,25-,26?,30+,31-/m0/s1. The molecule has 1 N–H and O–H groups in total. The van der Waals surface area contributed by atoms with Gasteiger partial charge in [-0.15, -0.1) is 0 Å². The van der Waals surface area contributed by atoms with Gasteiger partial charge in [0.25, 0.3) is 0 Å². The molecule has 1 spiro atoms. The summed E-state index contributed by atoms with van der Waals surface area (Å²) in [5.41, 5.74) is -2.21. The van der Waals surface area contributed by atoms with Crippen LogP contribution in [0.2, 0.25) is 0 Å². The van der Waals surface area contributed by atoms with Gasteiger partial charge < -0.3 is 24.5 Å². The Morgan fingerprint density at radius 1 is 0.974 bits per heavy atom. The van der Waals surface area contributed by atoms with Crippen molar-refractivity contribution in [2.75, 3.05) is 26.2 Å². The Morgan fingerprint density at radius 2 is 1.69 bits per heavy atom. The zero-order chi connectivity index (χ0) is 27.9. The van der Waals surface area contributed by atoms with E-state index in [9.17, 15) is 19.5 Å². The minimum Gasteiger partial charge on any atom is -0.394 e. The Bertz CT molecular complexity index is 1020. The summed E-state index contributed by atoms with van der Waals surface area (Å²) >= 11 is 0. The number of nitrogens with zero attached hydrogens (tertiary/aromatic N) is 3. The normalized spacial score (nSPS) is 36.5. The fourth-order valence-corrected chi connectivity index (χ4v) is 8.13. The lowest BCUT2D eigenvalue weighted by molar-refractivity contribution is -0.159. The lowest BCUT2D eigenvalue weighted by Crippen LogP contribution is -2.61. The van der Waals surface area contributed by atoms with Gasteiger partial charge in [0.2, 0.25) is 17.7 Å². The van der Waals surface area contributed by atoms with Crippen molar-refractivity contribution in [3.63, 3.8) is 0 Å². The molecular formula is C31H47N3O5. The highest BCUT2D eigenvalue weighted by atomic mass is 16.5. The first-order valence-corrected chi connectivity index (χ1v) is 15.4. The molecule has 5 rings (SSSR count). The number of hydrogen-bond donors (Lipinski definition) is 1. The molecule has 8 heteroatoms. The molecule has 4 heterocycles. The second-order valence-electron chi connectivity index (χ2n) is 12.4. The van der Waals surface area contributed by atoms with Crippen LogP contribution in [-0.2, 0) is 19.1 Å². The van der Waals surface area contributed by atoms with Crippen LogP contribution in [0.25, 0.3) is 0 Å². The van der Waals surface area contributed by atoms with Crippen LogP contribution in [0.5, 0.6) is 0 Å². The molecule has 216 valence electrons. The van der Waals surface area contributed by atoms with Crippen LogP contribution in [0, 0.1) is 17.8 Å². The van der Waals surface area contributed by atoms with E-state index in [1.54, 1.807) is 4.90 Å². The highest BCUT2D eigenvalue weighted by molar-refractivity contribution is 6.00. The third-order valence-electron chi connectivity index (χ3n) is 10.3. The van der Waals surface area contributed by atoms with Gasteiger partial charge in [-0.2, -0.15) is 0 Å². The lowest BCUT2D eigenvalue weighted by atomic mass is 9.73. The number of carbonyl (C=O) groups is 3. The van der Waals surface area contributed by atoms with Crippen LogP contribution in [-0.4, -0.2) is 93.1 Å². The predicted octanol–water partition coefficient (Wildman–Crippen LogP) is 3.29. The minimum atomic E-state index is -1.26. The molecule has 0 aromatic carbocycles. The molecule has 1 unspecified atom stereocenters. The third kappa shape index (κ3) is 4.28. The van der Waals surface area contributed by atoms with Crippen LogP contribution in [0.3, 0.4) is 0 Å². The fraction of sp³-hybridized carbons (Fsp3) is 0.774. The van der Waals surface area contributed by atoms with Crippen molar-refractivity contribution in [1.82, 2.24) is 14.7 Å². The van der Waals surface area contributed by atoms with E-state index in [4.69, 9.17) is 4.74 Å². The number of rotatable bonds is 8. The molecule has 0 aromatic rings. The molecule has 1 saturated carbocycles. The van der Waals surface area contributed by atoms with Crippen LogP contribution in [0.4, 0.5) is 0 Å². The topological polar surface area (TPSA) is 90.4 Å². The highest BCUT2D eigenvalue weighted by Gasteiger charge is 2.76. The van der Waals surface area contributed by atoms with Crippen molar-refractivity contribution in [2.24, 2.45) is 17.8 Å². The molecular weight excluding hydrogens is 494 g/mol. The molecule has 1 aliphatic carbocycles. The molecule has 3 amide bonds. The Morgan fingerprint density at radius 3 is 2.33 bits per heavy atom. The van der Waals surface area contributed by atoms with Crippen LogP contribution in [0.1, 0.15) is 79.1 Å².